The van der Waals surface area contributed by atoms with Crippen molar-refractivity contribution >= 4 is 50.1 Å². The molecule has 1 aromatic heterocycles. The number of hydrogen-bond donors (Lipinski definition) is 2. The van der Waals surface area contributed by atoms with E-state index in [4.69, 9.17) is 9.15 Å². The third-order valence-corrected chi connectivity index (χ3v) is 4.57. The Morgan fingerprint density at radius 1 is 1.15 bits per heavy atom. The van der Waals surface area contributed by atoms with Crippen molar-refractivity contribution in [2.75, 3.05) is 10.6 Å². The number of fused-ring (bicyclic) bond motifs is 2. The zero-order valence-corrected chi connectivity index (χ0v) is 15.6. The minimum absolute atomic E-state index is 0.110. The highest BCUT2D eigenvalue weighted by Gasteiger charge is 2.24. The van der Waals surface area contributed by atoms with Crippen LogP contribution in [0, 0.1) is 0 Å². The van der Waals surface area contributed by atoms with E-state index in [-0.39, 0.29) is 17.1 Å². The van der Waals surface area contributed by atoms with E-state index >= 15 is 0 Å². The number of hydrogen-bond acceptors (Lipinski definition) is 5. The number of carbonyl (C=O) groups excluding carboxylic acids is 2. The van der Waals surface area contributed by atoms with Crippen molar-refractivity contribution < 1.29 is 18.7 Å². The fourth-order valence-corrected chi connectivity index (χ4v) is 3.08. The topological polar surface area (TPSA) is 97.6 Å². The average molecular weight is 429 g/mol. The lowest BCUT2D eigenvalue weighted by Crippen LogP contribution is -2.34. The molecule has 0 bridgehead atoms. The van der Waals surface area contributed by atoms with E-state index in [0.29, 0.717) is 28.1 Å². The molecule has 3 aromatic rings. The van der Waals surface area contributed by atoms with Crippen LogP contribution in [0.1, 0.15) is 17.5 Å². The van der Waals surface area contributed by atoms with E-state index in [9.17, 15) is 14.4 Å². The highest BCUT2D eigenvalue weighted by atomic mass is 79.9. The summed E-state index contributed by atoms with van der Waals surface area (Å²) < 4.78 is 11.8. The molecule has 0 radical (unpaired) electrons. The number of ether oxygens (including phenoxy) is 1. The van der Waals surface area contributed by atoms with Gasteiger partial charge >= 0.3 is 0 Å². The summed E-state index contributed by atoms with van der Waals surface area (Å²) >= 11 is 3.30. The number of benzene rings is 2. The van der Waals surface area contributed by atoms with Crippen LogP contribution in [0.15, 0.2) is 56.1 Å². The van der Waals surface area contributed by atoms with E-state index in [0.717, 1.165) is 10.5 Å². The van der Waals surface area contributed by atoms with Gasteiger partial charge in [-0.2, -0.15) is 0 Å². The van der Waals surface area contributed by atoms with Crippen molar-refractivity contribution in [2.24, 2.45) is 0 Å². The maximum absolute atomic E-state index is 12.5. The highest BCUT2D eigenvalue weighted by Crippen LogP contribution is 2.32. The van der Waals surface area contributed by atoms with Crippen LogP contribution in [0.5, 0.6) is 5.75 Å². The number of rotatable bonds is 2. The summed E-state index contributed by atoms with van der Waals surface area (Å²) in [5.74, 6) is -0.435. The molecule has 27 heavy (non-hydrogen) atoms. The Labute approximate surface area is 161 Å². The number of halogens is 1. The molecular formula is C19H13BrN2O5. The van der Waals surface area contributed by atoms with Crippen LogP contribution >= 0.6 is 15.9 Å². The van der Waals surface area contributed by atoms with Gasteiger partial charge in [0.25, 0.3) is 11.8 Å². The van der Waals surface area contributed by atoms with E-state index in [1.807, 2.05) is 0 Å². The lowest BCUT2D eigenvalue weighted by molar-refractivity contribution is -0.122. The molecule has 0 saturated heterocycles. The Hall–Kier alpha value is -3.13. The van der Waals surface area contributed by atoms with Gasteiger partial charge in [-0.3, -0.25) is 14.4 Å². The predicted molar refractivity (Wildman–Crippen MR) is 103 cm³/mol. The summed E-state index contributed by atoms with van der Waals surface area (Å²) in [5.41, 5.74) is 0.884. The van der Waals surface area contributed by atoms with E-state index < -0.39 is 12.0 Å². The number of carbonyl (C=O) groups is 2. The molecule has 1 aliphatic heterocycles. The van der Waals surface area contributed by atoms with Gasteiger partial charge in [0.1, 0.15) is 11.3 Å². The smallest absolute Gasteiger partial charge is 0.291 e. The Bertz CT molecular complexity index is 1150. The molecule has 0 aliphatic carbocycles. The van der Waals surface area contributed by atoms with Crippen LogP contribution in [0.2, 0.25) is 0 Å². The summed E-state index contributed by atoms with van der Waals surface area (Å²) in [6.07, 6.45) is -0.579. The standard InChI is InChI=1S/C19H13BrN2O5/c1-9-18(24)22-13-7-11(3-5-16(13)26-9)21-19(25)17-8-14(23)12-6-10(20)2-4-15(12)27-17/h2-9H,1H3,(H,21,25)(H,22,24). The van der Waals surface area contributed by atoms with Crippen LogP contribution in [-0.4, -0.2) is 17.9 Å². The van der Waals surface area contributed by atoms with Gasteiger partial charge in [-0.15, -0.1) is 0 Å². The van der Waals surface area contributed by atoms with Crippen LogP contribution in [-0.2, 0) is 4.79 Å². The molecule has 8 heteroatoms. The Balaban J connectivity index is 1.62. The van der Waals surface area contributed by atoms with Crippen molar-refractivity contribution in [3.05, 3.63) is 62.9 Å². The van der Waals surface area contributed by atoms with Gasteiger partial charge in [0.05, 0.1) is 11.1 Å². The van der Waals surface area contributed by atoms with Gasteiger partial charge in [-0.1, -0.05) is 15.9 Å². The normalized spacial score (nSPS) is 15.6. The first-order chi connectivity index (χ1) is 12.9. The first kappa shape index (κ1) is 17.3. The molecule has 1 aliphatic rings. The Kier molecular flexibility index (Phi) is 4.19. The van der Waals surface area contributed by atoms with Crippen LogP contribution in [0.3, 0.4) is 0 Å². The summed E-state index contributed by atoms with van der Waals surface area (Å²) in [7, 11) is 0. The molecule has 0 spiro atoms. The maximum Gasteiger partial charge on any atom is 0.291 e. The first-order valence-corrected chi connectivity index (χ1v) is 8.86. The Morgan fingerprint density at radius 3 is 2.78 bits per heavy atom. The second kappa shape index (κ2) is 6.55. The second-order valence-electron chi connectivity index (χ2n) is 6.03. The molecule has 136 valence electrons. The summed E-state index contributed by atoms with van der Waals surface area (Å²) in [6.45, 7) is 1.65. The zero-order chi connectivity index (χ0) is 19.1. The SMILES string of the molecule is CC1Oc2ccc(NC(=O)c3cc(=O)c4cc(Br)ccc4o3)cc2NC1=O. The molecule has 2 heterocycles. The lowest BCUT2D eigenvalue weighted by atomic mass is 10.2. The number of anilines is 2. The van der Waals surface area contributed by atoms with Gasteiger partial charge in [0, 0.05) is 16.2 Å². The number of amides is 2. The van der Waals surface area contributed by atoms with Gasteiger partial charge in [-0.25, -0.2) is 0 Å². The average Bonchev–Trinajstić information content (AvgIpc) is 2.63. The third-order valence-electron chi connectivity index (χ3n) is 4.08. The Morgan fingerprint density at radius 2 is 1.96 bits per heavy atom. The minimum Gasteiger partial charge on any atom is -0.479 e. The van der Waals surface area contributed by atoms with Gasteiger partial charge < -0.3 is 19.8 Å². The predicted octanol–water partition coefficient (Wildman–Crippen LogP) is 3.53. The van der Waals surface area contributed by atoms with Gasteiger partial charge in [0.15, 0.2) is 17.3 Å². The molecule has 0 saturated carbocycles. The van der Waals surface area contributed by atoms with E-state index in [2.05, 4.69) is 26.6 Å². The maximum atomic E-state index is 12.5. The molecule has 1 unspecified atom stereocenters. The molecule has 7 nitrogen and oxygen atoms in total. The van der Waals surface area contributed by atoms with Crippen molar-refractivity contribution in [1.82, 2.24) is 0 Å². The van der Waals surface area contributed by atoms with Crippen molar-refractivity contribution in [1.29, 1.82) is 0 Å². The number of nitrogens with one attached hydrogen (secondary N) is 2. The molecule has 0 fully saturated rings. The zero-order valence-electron chi connectivity index (χ0n) is 14.0. The highest BCUT2D eigenvalue weighted by molar-refractivity contribution is 9.10. The second-order valence-corrected chi connectivity index (χ2v) is 6.95. The molecule has 4 rings (SSSR count). The fraction of sp³-hybridized carbons (Fsp3) is 0.105. The molecule has 2 amide bonds. The largest absolute Gasteiger partial charge is 0.479 e. The summed E-state index contributed by atoms with van der Waals surface area (Å²) in [4.78, 5) is 36.5. The van der Waals surface area contributed by atoms with Crippen molar-refractivity contribution in [3.8, 4) is 5.75 Å². The van der Waals surface area contributed by atoms with Crippen molar-refractivity contribution in [2.45, 2.75) is 13.0 Å². The quantitative estimate of drug-likeness (QED) is 0.650. The van der Waals surface area contributed by atoms with Crippen LogP contribution < -0.4 is 20.8 Å². The van der Waals surface area contributed by atoms with E-state index in [1.54, 1.807) is 43.3 Å². The molecular weight excluding hydrogens is 416 g/mol. The lowest BCUT2D eigenvalue weighted by Gasteiger charge is -2.23. The molecule has 1 atom stereocenters. The van der Waals surface area contributed by atoms with Gasteiger partial charge in [0.2, 0.25) is 0 Å². The van der Waals surface area contributed by atoms with Crippen molar-refractivity contribution in [3.63, 3.8) is 0 Å². The van der Waals surface area contributed by atoms with E-state index in [1.165, 1.54) is 0 Å². The monoisotopic (exact) mass is 428 g/mol. The summed E-state index contributed by atoms with van der Waals surface area (Å²) in [5, 5.41) is 5.74. The van der Waals surface area contributed by atoms with Crippen LogP contribution in [0.25, 0.3) is 11.0 Å². The molecule has 2 aromatic carbocycles. The van der Waals surface area contributed by atoms with Gasteiger partial charge in [-0.05, 0) is 43.3 Å². The fourth-order valence-electron chi connectivity index (χ4n) is 2.72. The summed E-state index contributed by atoms with van der Waals surface area (Å²) in [6, 6.07) is 11.0. The third kappa shape index (κ3) is 3.31. The molecule has 2 N–H and O–H groups in total. The van der Waals surface area contributed by atoms with Crippen LogP contribution in [0.4, 0.5) is 11.4 Å². The first-order valence-electron chi connectivity index (χ1n) is 8.07. The minimum atomic E-state index is -0.579.